The first-order valence-electron chi connectivity index (χ1n) is 5.76. The average Bonchev–Trinajstić information content (AvgIpc) is 2.26. The number of aliphatic hydroxyl groups excluding tert-OH is 1. The molecule has 0 heterocycles. The Kier molecular flexibility index (Phi) is 13.7. The summed E-state index contributed by atoms with van der Waals surface area (Å²) in [6.45, 7) is 6.50. The Morgan fingerprint density at radius 3 is 1.87 bits per heavy atom. The van der Waals surface area contributed by atoms with E-state index >= 15 is 0 Å². The van der Waals surface area contributed by atoms with Gasteiger partial charge in [-0.1, -0.05) is 6.92 Å². The van der Waals surface area contributed by atoms with Gasteiger partial charge in [0, 0.05) is 33.0 Å². The average molecular weight is 220 g/mol. The molecule has 0 aliphatic carbocycles. The van der Waals surface area contributed by atoms with Crippen molar-refractivity contribution in [3.8, 4) is 0 Å². The fourth-order valence-corrected chi connectivity index (χ4v) is 0.998. The first-order chi connectivity index (χ1) is 7.41. The third-order valence-corrected chi connectivity index (χ3v) is 1.74. The largest absolute Gasteiger partial charge is 0.396 e. The monoisotopic (exact) mass is 220 g/mol. The Morgan fingerprint density at radius 1 is 0.733 bits per heavy atom. The standard InChI is InChI=1S/C11H24O4/c1-2-6-13-10-11-15-9-4-8-14-7-3-5-12/h12H,2-11H2,1H3. The Morgan fingerprint density at radius 2 is 1.27 bits per heavy atom. The quantitative estimate of drug-likeness (QED) is 0.502. The van der Waals surface area contributed by atoms with Crippen molar-refractivity contribution >= 4 is 0 Å². The number of aliphatic hydroxyl groups is 1. The van der Waals surface area contributed by atoms with Crippen LogP contribution in [0.5, 0.6) is 0 Å². The minimum absolute atomic E-state index is 0.200. The van der Waals surface area contributed by atoms with Crippen LogP contribution in [0.4, 0.5) is 0 Å². The molecule has 0 spiro atoms. The normalized spacial score (nSPS) is 10.8. The van der Waals surface area contributed by atoms with Crippen LogP contribution in [0.1, 0.15) is 26.2 Å². The maximum atomic E-state index is 8.49. The fraction of sp³-hybridized carbons (Fsp3) is 1.00. The van der Waals surface area contributed by atoms with Gasteiger partial charge in [0.05, 0.1) is 13.2 Å². The third kappa shape index (κ3) is 13.8. The highest BCUT2D eigenvalue weighted by atomic mass is 16.5. The van der Waals surface area contributed by atoms with Gasteiger partial charge in [0.25, 0.3) is 0 Å². The molecule has 0 radical (unpaired) electrons. The number of hydrogen-bond acceptors (Lipinski definition) is 4. The maximum absolute atomic E-state index is 8.49. The summed E-state index contributed by atoms with van der Waals surface area (Å²) in [5.41, 5.74) is 0. The number of hydrogen-bond donors (Lipinski definition) is 1. The molecule has 0 saturated heterocycles. The molecule has 4 heteroatoms. The highest BCUT2D eigenvalue weighted by Crippen LogP contribution is 1.88. The number of ether oxygens (including phenoxy) is 3. The summed E-state index contributed by atoms with van der Waals surface area (Å²) in [7, 11) is 0. The molecule has 0 amide bonds. The summed E-state index contributed by atoms with van der Waals surface area (Å²) in [6, 6.07) is 0. The summed E-state index contributed by atoms with van der Waals surface area (Å²) in [5, 5.41) is 8.49. The predicted octanol–water partition coefficient (Wildman–Crippen LogP) is 1.22. The minimum Gasteiger partial charge on any atom is -0.396 e. The van der Waals surface area contributed by atoms with E-state index in [1.807, 2.05) is 0 Å². The topological polar surface area (TPSA) is 47.9 Å². The van der Waals surface area contributed by atoms with Crippen molar-refractivity contribution in [2.75, 3.05) is 46.2 Å². The summed E-state index contributed by atoms with van der Waals surface area (Å²) in [5.74, 6) is 0. The van der Waals surface area contributed by atoms with Gasteiger partial charge in [0.15, 0.2) is 0 Å². The first-order valence-corrected chi connectivity index (χ1v) is 5.76. The van der Waals surface area contributed by atoms with Crippen molar-refractivity contribution in [3.05, 3.63) is 0 Å². The number of rotatable bonds is 12. The molecule has 0 unspecified atom stereocenters. The molecular formula is C11H24O4. The van der Waals surface area contributed by atoms with Crippen LogP contribution in [0, 0.1) is 0 Å². The van der Waals surface area contributed by atoms with E-state index < -0.39 is 0 Å². The second kappa shape index (κ2) is 13.8. The van der Waals surface area contributed by atoms with Crippen molar-refractivity contribution in [2.45, 2.75) is 26.2 Å². The van der Waals surface area contributed by atoms with Crippen LogP contribution >= 0.6 is 0 Å². The molecule has 0 saturated carbocycles. The lowest BCUT2D eigenvalue weighted by atomic mass is 10.4. The van der Waals surface area contributed by atoms with Crippen LogP contribution in [0.25, 0.3) is 0 Å². The molecule has 0 fully saturated rings. The first kappa shape index (κ1) is 14.8. The van der Waals surface area contributed by atoms with Crippen molar-refractivity contribution in [3.63, 3.8) is 0 Å². The molecular weight excluding hydrogens is 196 g/mol. The van der Waals surface area contributed by atoms with E-state index in [-0.39, 0.29) is 6.61 Å². The van der Waals surface area contributed by atoms with Crippen LogP contribution in [0.15, 0.2) is 0 Å². The van der Waals surface area contributed by atoms with Gasteiger partial charge in [-0.3, -0.25) is 0 Å². The summed E-state index contributed by atoms with van der Waals surface area (Å²) in [4.78, 5) is 0. The Balaban J connectivity index is 2.81. The Hall–Kier alpha value is -0.160. The lowest BCUT2D eigenvalue weighted by Crippen LogP contribution is -2.08. The van der Waals surface area contributed by atoms with Crippen molar-refractivity contribution in [1.29, 1.82) is 0 Å². The highest BCUT2D eigenvalue weighted by Gasteiger charge is 1.91. The predicted molar refractivity (Wildman–Crippen MR) is 59.1 cm³/mol. The van der Waals surface area contributed by atoms with Crippen LogP contribution in [0.3, 0.4) is 0 Å². The van der Waals surface area contributed by atoms with Gasteiger partial charge in [0.1, 0.15) is 0 Å². The molecule has 92 valence electrons. The fourth-order valence-electron chi connectivity index (χ4n) is 0.998. The molecule has 0 aliphatic heterocycles. The van der Waals surface area contributed by atoms with Gasteiger partial charge in [-0.15, -0.1) is 0 Å². The van der Waals surface area contributed by atoms with Gasteiger partial charge in [-0.05, 0) is 19.3 Å². The minimum atomic E-state index is 0.200. The van der Waals surface area contributed by atoms with E-state index in [0.717, 1.165) is 19.4 Å². The zero-order valence-corrected chi connectivity index (χ0v) is 9.74. The smallest absolute Gasteiger partial charge is 0.0700 e. The van der Waals surface area contributed by atoms with Gasteiger partial charge in [-0.2, -0.15) is 0 Å². The molecule has 0 rings (SSSR count). The highest BCUT2D eigenvalue weighted by molar-refractivity contribution is 4.37. The maximum Gasteiger partial charge on any atom is 0.0700 e. The van der Waals surface area contributed by atoms with E-state index in [1.54, 1.807) is 0 Å². The van der Waals surface area contributed by atoms with Crippen LogP contribution < -0.4 is 0 Å². The molecule has 15 heavy (non-hydrogen) atoms. The van der Waals surface area contributed by atoms with Gasteiger partial charge < -0.3 is 19.3 Å². The molecule has 0 aromatic rings. The second-order valence-electron chi connectivity index (χ2n) is 3.27. The van der Waals surface area contributed by atoms with Crippen molar-refractivity contribution in [2.24, 2.45) is 0 Å². The van der Waals surface area contributed by atoms with Crippen LogP contribution in [-0.2, 0) is 14.2 Å². The lowest BCUT2D eigenvalue weighted by Gasteiger charge is -2.05. The van der Waals surface area contributed by atoms with E-state index in [4.69, 9.17) is 19.3 Å². The zero-order chi connectivity index (χ0) is 11.2. The van der Waals surface area contributed by atoms with E-state index in [9.17, 15) is 0 Å². The van der Waals surface area contributed by atoms with E-state index in [2.05, 4.69) is 6.92 Å². The summed E-state index contributed by atoms with van der Waals surface area (Å²) < 4.78 is 15.8. The zero-order valence-electron chi connectivity index (χ0n) is 9.74. The van der Waals surface area contributed by atoms with Crippen molar-refractivity contribution < 1.29 is 19.3 Å². The van der Waals surface area contributed by atoms with Crippen LogP contribution in [-0.4, -0.2) is 51.4 Å². The molecule has 0 aliphatic rings. The van der Waals surface area contributed by atoms with Gasteiger partial charge in [-0.25, -0.2) is 0 Å². The molecule has 0 aromatic heterocycles. The molecule has 0 aromatic carbocycles. The summed E-state index contributed by atoms with van der Waals surface area (Å²) >= 11 is 0. The second-order valence-corrected chi connectivity index (χ2v) is 3.27. The molecule has 0 bridgehead atoms. The summed E-state index contributed by atoms with van der Waals surface area (Å²) in [6.07, 6.45) is 2.67. The molecule has 1 N–H and O–H groups in total. The SMILES string of the molecule is CCCOCCOCCCOCCCO. The molecule has 0 atom stereocenters. The lowest BCUT2D eigenvalue weighted by molar-refractivity contribution is 0.0346. The molecule has 4 nitrogen and oxygen atoms in total. The van der Waals surface area contributed by atoms with Gasteiger partial charge >= 0.3 is 0 Å². The van der Waals surface area contributed by atoms with Gasteiger partial charge in [0.2, 0.25) is 0 Å². The Labute approximate surface area is 92.5 Å². The Bertz CT molecular complexity index is 96.8. The van der Waals surface area contributed by atoms with Crippen molar-refractivity contribution in [1.82, 2.24) is 0 Å². The van der Waals surface area contributed by atoms with E-state index in [1.165, 1.54) is 0 Å². The van der Waals surface area contributed by atoms with E-state index in [0.29, 0.717) is 39.5 Å². The van der Waals surface area contributed by atoms with Crippen LogP contribution in [0.2, 0.25) is 0 Å². The third-order valence-electron chi connectivity index (χ3n) is 1.74.